The van der Waals surface area contributed by atoms with Gasteiger partial charge in [-0.25, -0.2) is 17.6 Å². The van der Waals surface area contributed by atoms with Crippen molar-refractivity contribution in [2.24, 2.45) is 5.92 Å². The summed E-state index contributed by atoms with van der Waals surface area (Å²) in [5, 5.41) is -2.10. The van der Waals surface area contributed by atoms with E-state index in [1.807, 2.05) is 19.1 Å². The molecule has 2 unspecified atom stereocenters. The summed E-state index contributed by atoms with van der Waals surface area (Å²) in [6, 6.07) is 13.2. The van der Waals surface area contributed by atoms with Crippen LogP contribution in [0.25, 0.3) is 10.9 Å². The minimum atomic E-state index is -4.61. The zero-order chi connectivity index (χ0) is 20.8. The minimum absolute atomic E-state index is 0.112. The van der Waals surface area contributed by atoms with E-state index in [0.717, 1.165) is 34.8 Å². The second-order valence-corrected chi connectivity index (χ2v) is 9.60. The number of halogens is 1. The Morgan fingerprint density at radius 3 is 2.62 bits per heavy atom. The lowest BCUT2D eigenvalue weighted by Crippen LogP contribution is -2.51. The number of hydrogen-bond acceptors (Lipinski definition) is 4. The van der Waals surface area contributed by atoms with Crippen molar-refractivity contribution >= 4 is 26.7 Å². The predicted molar refractivity (Wildman–Crippen MR) is 108 cm³/mol. The van der Waals surface area contributed by atoms with E-state index >= 15 is 4.39 Å². The van der Waals surface area contributed by atoms with Crippen LogP contribution in [0.15, 0.2) is 53.4 Å². The molecule has 29 heavy (non-hydrogen) atoms. The van der Waals surface area contributed by atoms with Gasteiger partial charge in [0.15, 0.2) is 0 Å². The van der Waals surface area contributed by atoms with Crippen molar-refractivity contribution in [1.29, 1.82) is 0 Å². The third-order valence-corrected chi connectivity index (χ3v) is 7.95. The molecule has 5 nitrogen and oxygen atoms in total. The van der Waals surface area contributed by atoms with Gasteiger partial charge in [-0.1, -0.05) is 29.8 Å². The smallest absolute Gasteiger partial charge is 0.360 e. The normalized spacial score (nSPS) is 18.8. The molecule has 0 fully saturated rings. The molecule has 2 atom stereocenters. The lowest BCUT2D eigenvalue weighted by atomic mass is 9.83. The lowest BCUT2D eigenvalue weighted by Gasteiger charge is -2.33. The Kier molecular flexibility index (Phi) is 4.73. The maximum absolute atomic E-state index is 16.3. The first-order valence-electron chi connectivity index (χ1n) is 9.46. The van der Waals surface area contributed by atoms with E-state index in [1.54, 1.807) is 6.07 Å². The molecule has 3 aromatic rings. The monoisotopic (exact) mass is 415 g/mol. The topological polar surface area (TPSA) is 76.2 Å². The number of hydrogen-bond donors (Lipinski definition) is 1. The van der Waals surface area contributed by atoms with Crippen LogP contribution in [0.4, 0.5) is 4.39 Å². The van der Waals surface area contributed by atoms with Gasteiger partial charge in [-0.15, -0.1) is 0 Å². The minimum Gasteiger partial charge on any atom is -0.466 e. The molecule has 0 saturated heterocycles. The van der Waals surface area contributed by atoms with Crippen LogP contribution in [-0.2, 0) is 32.2 Å². The van der Waals surface area contributed by atoms with E-state index in [4.69, 9.17) is 0 Å². The van der Waals surface area contributed by atoms with Crippen LogP contribution in [0.3, 0.4) is 0 Å². The van der Waals surface area contributed by atoms with E-state index in [1.165, 1.54) is 24.3 Å². The van der Waals surface area contributed by atoms with Gasteiger partial charge in [0.05, 0.1) is 12.0 Å². The largest absolute Gasteiger partial charge is 0.466 e. The summed E-state index contributed by atoms with van der Waals surface area (Å²) in [6.45, 7) is 2.00. The quantitative estimate of drug-likeness (QED) is 0.656. The van der Waals surface area contributed by atoms with E-state index in [-0.39, 0.29) is 17.7 Å². The van der Waals surface area contributed by atoms with Crippen LogP contribution in [0.1, 0.15) is 23.2 Å². The highest BCUT2D eigenvalue weighted by molar-refractivity contribution is 7.93. The number of fused-ring (bicyclic) bond motifs is 3. The Morgan fingerprint density at radius 2 is 1.93 bits per heavy atom. The fourth-order valence-corrected chi connectivity index (χ4v) is 6.07. The number of sulfone groups is 1. The molecule has 0 aliphatic heterocycles. The Hall–Kier alpha value is -2.67. The lowest BCUT2D eigenvalue weighted by molar-refractivity contribution is -0.152. The van der Waals surface area contributed by atoms with Gasteiger partial charge in [0.25, 0.3) is 0 Å². The number of ether oxygens (including phenoxy) is 1. The summed E-state index contributed by atoms with van der Waals surface area (Å²) >= 11 is 0. The Balaban J connectivity index is 1.80. The van der Waals surface area contributed by atoms with Gasteiger partial charge in [-0.3, -0.25) is 0 Å². The van der Waals surface area contributed by atoms with Gasteiger partial charge in [-0.2, -0.15) is 0 Å². The van der Waals surface area contributed by atoms with Crippen molar-refractivity contribution in [3.8, 4) is 0 Å². The molecule has 0 amide bonds. The van der Waals surface area contributed by atoms with Crippen molar-refractivity contribution in [3.63, 3.8) is 0 Å². The molecule has 0 spiro atoms. The van der Waals surface area contributed by atoms with Crippen molar-refractivity contribution in [1.82, 2.24) is 4.98 Å². The number of esters is 1. The maximum Gasteiger partial charge on any atom is 0.360 e. The molecule has 4 rings (SSSR count). The van der Waals surface area contributed by atoms with Crippen LogP contribution < -0.4 is 0 Å². The fourth-order valence-electron chi connectivity index (χ4n) is 4.27. The molecule has 0 radical (unpaired) electrons. The van der Waals surface area contributed by atoms with Gasteiger partial charge >= 0.3 is 11.0 Å². The highest BCUT2D eigenvalue weighted by atomic mass is 32.2. The maximum atomic E-state index is 16.3. The number of carbonyl (C=O) groups is 1. The van der Waals surface area contributed by atoms with Crippen LogP contribution in [-0.4, -0.2) is 31.5 Å². The number of H-pyrrole nitrogens is 1. The second kappa shape index (κ2) is 6.99. The number of aromatic nitrogens is 1. The molecule has 1 heterocycles. The highest BCUT2D eigenvalue weighted by Gasteiger charge is 2.59. The average Bonchev–Trinajstić information content (AvgIpc) is 3.10. The first-order chi connectivity index (χ1) is 13.8. The summed E-state index contributed by atoms with van der Waals surface area (Å²) in [6.07, 6.45) is 0.822. The molecule has 7 heteroatoms. The van der Waals surface area contributed by atoms with Gasteiger partial charge in [0, 0.05) is 22.5 Å². The zero-order valence-corrected chi connectivity index (χ0v) is 17.1. The molecule has 0 saturated carbocycles. The summed E-state index contributed by atoms with van der Waals surface area (Å²) < 4.78 is 47.3. The number of nitrogens with one attached hydrogen (secondary N) is 1. The van der Waals surface area contributed by atoms with Gasteiger partial charge in [0.2, 0.25) is 9.84 Å². The van der Waals surface area contributed by atoms with Crippen molar-refractivity contribution in [2.45, 2.75) is 36.1 Å². The summed E-state index contributed by atoms with van der Waals surface area (Å²) in [4.78, 5) is 15.5. The second-order valence-electron chi connectivity index (χ2n) is 7.52. The first-order valence-corrected chi connectivity index (χ1v) is 10.9. The first kappa shape index (κ1) is 19.6. The van der Waals surface area contributed by atoms with Crippen molar-refractivity contribution in [3.05, 3.63) is 65.4 Å². The number of aryl methyl sites for hydroxylation is 2. The van der Waals surface area contributed by atoms with E-state index < -0.39 is 26.7 Å². The van der Waals surface area contributed by atoms with Crippen molar-refractivity contribution < 1.29 is 22.3 Å². The molecule has 152 valence electrons. The van der Waals surface area contributed by atoms with Crippen LogP contribution in [0.2, 0.25) is 0 Å². The van der Waals surface area contributed by atoms with E-state index in [0.29, 0.717) is 6.42 Å². The van der Waals surface area contributed by atoms with E-state index in [2.05, 4.69) is 15.8 Å². The third-order valence-electron chi connectivity index (χ3n) is 5.78. The third kappa shape index (κ3) is 2.95. The van der Waals surface area contributed by atoms with Gasteiger partial charge in [-0.05, 0) is 56.0 Å². The summed E-state index contributed by atoms with van der Waals surface area (Å²) in [5.41, 5.74) is 3.87. The number of aromatic amines is 1. The summed E-state index contributed by atoms with van der Waals surface area (Å²) in [7, 11) is -3.59. The molecule has 0 bridgehead atoms. The Labute approximate surface area is 168 Å². The van der Waals surface area contributed by atoms with Crippen LogP contribution in [0, 0.1) is 12.8 Å². The van der Waals surface area contributed by atoms with Crippen LogP contribution in [0.5, 0.6) is 0 Å². The Bertz CT molecular complexity index is 1190. The molecular weight excluding hydrogens is 393 g/mol. The molecular formula is C22H22FNO4S. The predicted octanol–water partition coefficient (Wildman–Crippen LogP) is 3.89. The fraction of sp³-hybridized carbons (Fsp3) is 0.318. The zero-order valence-electron chi connectivity index (χ0n) is 16.2. The number of carbonyl (C=O) groups excluding carboxylic acids is 1. The standard InChI is InChI=1S/C22H22FNO4S/c1-14-8-11-19-18(12-14)17-10-9-15(13-20(17)24-19)22(23,21(25)28-2)29(26,27)16-6-4-3-5-7-16/h3-8,11-12,15,24H,9-10,13H2,1-2H3. The number of methoxy groups -OCH3 is 1. The number of benzene rings is 2. The molecule has 1 aliphatic carbocycles. The number of alkyl halides is 1. The molecule has 1 N–H and O–H groups in total. The average molecular weight is 415 g/mol. The SMILES string of the molecule is COC(=O)C(F)(C1CCc2c([nH]c3ccc(C)cc23)C1)S(=O)(=O)c1ccccc1. The van der Waals surface area contributed by atoms with Gasteiger partial charge < -0.3 is 9.72 Å². The van der Waals surface area contributed by atoms with Gasteiger partial charge in [0.1, 0.15) is 0 Å². The summed E-state index contributed by atoms with van der Waals surface area (Å²) in [5.74, 6) is -2.43. The molecule has 1 aliphatic rings. The van der Waals surface area contributed by atoms with Crippen LogP contribution >= 0.6 is 0 Å². The van der Waals surface area contributed by atoms with Crippen molar-refractivity contribution in [2.75, 3.05) is 7.11 Å². The molecule has 1 aromatic heterocycles. The highest BCUT2D eigenvalue weighted by Crippen LogP contribution is 2.43. The molecule has 2 aromatic carbocycles. The van der Waals surface area contributed by atoms with E-state index in [9.17, 15) is 13.2 Å². The number of rotatable bonds is 4. The Morgan fingerprint density at radius 1 is 1.21 bits per heavy atom.